The zero-order chi connectivity index (χ0) is 20.0. The summed E-state index contributed by atoms with van der Waals surface area (Å²) in [5.41, 5.74) is 1.91. The van der Waals surface area contributed by atoms with Crippen molar-refractivity contribution < 1.29 is 13.9 Å². The number of nitrogens with zero attached hydrogens (tertiary/aromatic N) is 1. The Kier molecular flexibility index (Phi) is 4.09. The first-order valence-electron chi connectivity index (χ1n) is 8.98. The fraction of sp³-hybridized carbons (Fsp3) is 0.150. The maximum absolute atomic E-state index is 12.6. The third-order valence-electron chi connectivity index (χ3n) is 4.65. The van der Waals surface area contributed by atoms with Gasteiger partial charge in [0.25, 0.3) is 11.5 Å². The molecule has 0 radical (unpaired) electrons. The number of hydrogen-bond donors (Lipinski definition) is 3. The fourth-order valence-electron chi connectivity index (χ4n) is 3.19. The van der Waals surface area contributed by atoms with Gasteiger partial charge in [0, 0.05) is 16.6 Å². The van der Waals surface area contributed by atoms with Crippen LogP contribution in [0.4, 0.5) is 11.4 Å². The highest BCUT2D eigenvalue weighted by molar-refractivity contribution is 7.17. The quantitative estimate of drug-likeness (QED) is 0.476. The van der Waals surface area contributed by atoms with Crippen molar-refractivity contribution in [3.8, 4) is 17.1 Å². The summed E-state index contributed by atoms with van der Waals surface area (Å²) in [5, 5.41) is 8.42. The van der Waals surface area contributed by atoms with E-state index in [2.05, 4.69) is 20.6 Å². The van der Waals surface area contributed by atoms with Crippen molar-refractivity contribution in [1.82, 2.24) is 9.97 Å². The van der Waals surface area contributed by atoms with E-state index < -0.39 is 6.10 Å². The van der Waals surface area contributed by atoms with Crippen molar-refractivity contribution in [3.63, 3.8) is 0 Å². The summed E-state index contributed by atoms with van der Waals surface area (Å²) in [6.07, 6.45) is 1.06. The van der Waals surface area contributed by atoms with Gasteiger partial charge >= 0.3 is 0 Å². The van der Waals surface area contributed by atoms with Crippen LogP contribution in [0.5, 0.6) is 5.75 Å². The van der Waals surface area contributed by atoms with Crippen LogP contribution >= 0.6 is 11.3 Å². The van der Waals surface area contributed by atoms with E-state index in [1.54, 1.807) is 31.4 Å². The standard InChI is InChI=1S/C20H16N4O4S/c1-10-18(25)22-13-7-11(4-5-15(13)28-10)21-8-16-23-19(26)17-12(9-29-20(17)24-16)14-3-2-6-27-14/h2-7,9-10,21H,8H2,1H3,(H,22,25)(H,23,24,26)/t10-/m0/s1. The topological polar surface area (TPSA) is 109 Å². The summed E-state index contributed by atoms with van der Waals surface area (Å²) in [6.45, 7) is 2.02. The minimum atomic E-state index is -0.515. The molecule has 8 nitrogen and oxygen atoms in total. The maximum atomic E-state index is 12.6. The third kappa shape index (κ3) is 3.15. The van der Waals surface area contributed by atoms with Crippen molar-refractivity contribution in [2.24, 2.45) is 0 Å². The number of rotatable bonds is 4. The predicted molar refractivity (Wildman–Crippen MR) is 110 cm³/mol. The Morgan fingerprint density at radius 1 is 1.28 bits per heavy atom. The molecule has 3 N–H and O–H groups in total. The van der Waals surface area contributed by atoms with Gasteiger partial charge in [-0.3, -0.25) is 9.59 Å². The Labute approximate surface area is 168 Å². The lowest BCUT2D eigenvalue weighted by atomic mass is 10.2. The van der Waals surface area contributed by atoms with E-state index >= 15 is 0 Å². The second kappa shape index (κ2) is 6.78. The molecule has 4 aromatic rings. The molecule has 1 aromatic carbocycles. The monoisotopic (exact) mass is 408 g/mol. The molecule has 1 amide bonds. The molecule has 5 rings (SSSR count). The van der Waals surface area contributed by atoms with Crippen LogP contribution in [0.2, 0.25) is 0 Å². The van der Waals surface area contributed by atoms with Gasteiger partial charge in [-0.2, -0.15) is 0 Å². The highest BCUT2D eigenvalue weighted by atomic mass is 32.1. The molecule has 0 fully saturated rings. The Bertz CT molecular complexity index is 1280. The van der Waals surface area contributed by atoms with E-state index in [0.29, 0.717) is 39.8 Å². The molecule has 29 heavy (non-hydrogen) atoms. The fourth-order valence-corrected chi connectivity index (χ4v) is 4.14. The van der Waals surface area contributed by atoms with Crippen molar-refractivity contribution in [3.05, 3.63) is 58.2 Å². The summed E-state index contributed by atoms with van der Waals surface area (Å²) in [4.78, 5) is 32.4. The van der Waals surface area contributed by atoms with Gasteiger partial charge < -0.3 is 24.8 Å². The second-order valence-electron chi connectivity index (χ2n) is 6.63. The first-order chi connectivity index (χ1) is 14.1. The van der Waals surface area contributed by atoms with Gasteiger partial charge in [0.2, 0.25) is 0 Å². The molecule has 0 unspecified atom stereocenters. The highest BCUT2D eigenvalue weighted by Crippen LogP contribution is 2.33. The molecule has 0 bridgehead atoms. The SMILES string of the molecule is C[C@@H]1Oc2ccc(NCc3nc4scc(-c5ccco5)c4c(=O)[nH]3)cc2NC1=O. The van der Waals surface area contributed by atoms with E-state index in [1.165, 1.54) is 11.3 Å². The van der Waals surface area contributed by atoms with Crippen LogP contribution in [0.15, 0.2) is 51.2 Å². The van der Waals surface area contributed by atoms with E-state index in [0.717, 1.165) is 11.3 Å². The minimum absolute atomic E-state index is 0.184. The van der Waals surface area contributed by atoms with Crippen LogP contribution < -0.4 is 20.9 Å². The molecule has 0 spiro atoms. The Morgan fingerprint density at radius 2 is 2.17 bits per heavy atom. The first kappa shape index (κ1) is 17.5. The molecule has 1 aliphatic heterocycles. The summed E-state index contributed by atoms with van der Waals surface area (Å²) in [5.74, 6) is 1.60. The maximum Gasteiger partial charge on any atom is 0.265 e. The number of anilines is 2. The number of carbonyl (C=O) groups is 1. The minimum Gasteiger partial charge on any atom is -0.479 e. The van der Waals surface area contributed by atoms with E-state index in [4.69, 9.17) is 9.15 Å². The summed E-state index contributed by atoms with van der Waals surface area (Å²) < 4.78 is 11.0. The van der Waals surface area contributed by atoms with Crippen LogP contribution in [0.25, 0.3) is 21.5 Å². The summed E-state index contributed by atoms with van der Waals surface area (Å²) >= 11 is 1.40. The number of H-pyrrole nitrogens is 1. The molecular formula is C20H16N4O4S. The average Bonchev–Trinajstić information content (AvgIpc) is 3.37. The molecule has 1 atom stereocenters. The van der Waals surface area contributed by atoms with Gasteiger partial charge in [0.05, 0.1) is 23.9 Å². The van der Waals surface area contributed by atoms with Crippen LogP contribution in [-0.4, -0.2) is 22.0 Å². The van der Waals surface area contributed by atoms with Gasteiger partial charge in [-0.05, 0) is 37.3 Å². The predicted octanol–water partition coefficient (Wildman–Crippen LogP) is 3.58. The van der Waals surface area contributed by atoms with Gasteiger partial charge in [0.15, 0.2) is 6.10 Å². The number of carbonyl (C=O) groups excluding carboxylic acids is 1. The lowest BCUT2D eigenvalue weighted by molar-refractivity contribution is -0.122. The van der Waals surface area contributed by atoms with Gasteiger partial charge in [-0.1, -0.05) is 0 Å². The van der Waals surface area contributed by atoms with Crippen molar-refractivity contribution >= 4 is 38.8 Å². The number of nitrogens with one attached hydrogen (secondary N) is 3. The normalized spacial score (nSPS) is 15.6. The van der Waals surface area contributed by atoms with Crippen molar-refractivity contribution in [2.75, 3.05) is 10.6 Å². The highest BCUT2D eigenvalue weighted by Gasteiger charge is 2.23. The summed E-state index contributed by atoms with van der Waals surface area (Å²) in [7, 11) is 0. The molecule has 146 valence electrons. The average molecular weight is 408 g/mol. The number of ether oxygens (including phenoxy) is 1. The number of benzene rings is 1. The molecule has 0 aliphatic carbocycles. The van der Waals surface area contributed by atoms with Crippen LogP contribution in [-0.2, 0) is 11.3 Å². The number of aromatic amines is 1. The Morgan fingerprint density at radius 3 is 3.00 bits per heavy atom. The number of amides is 1. The molecule has 4 heterocycles. The number of furan rings is 1. The van der Waals surface area contributed by atoms with E-state index in [-0.39, 0.29) is 11.5 Å². The number of hydrogen-bond acceptors (Lipinski definition) is 7. The molecule has 0 saturated heterocycles. The lowest BCUT2D eigenvalue weighted by Gasteiger charge is -2.23. The molecular weight excluding hydrogens is 392 g/mol. The smallest absolute Gasteiger partial charge is 0.265 e. The number of aromatic nitrogens is 2. The van der Waals surface area contributed by atoms with Gasteiger partial charge in [-0.25, -0.2) is 4.98 Å². The van der Waals surface area contributed by atoms with E-state index in [1.807, 2.05) is 17.5 Å². The van der Waals surface area contributed by atoms with Crippen LogP contribution in [0.1, 0.15) is 12.7 Å². The molecule has 3 aromatic heterocycles. The van der Waals surface area contributed by atoms with Crippen LogP contribution in [0.3, 0.4) is 0 Å². The Balaban J connectivity index is 1.38. The molecule has 0 saturated carbocycles. The zero-order valence-corrected chi connectivity index (χ0v) is 16.1. The number of fused-ring (bicyclic) bond motifs is 2. The van der Waals surface area contributed by atoms with Gasteiger partial charge in [0.1, 0.15) is 22.2 Å². The van der Waals surface area contributed by atoms with E-state index in [9.17, 15) is 9.59 Å². The van der Waals surface area contributed by atoms with Gasteiger partial charge in [-0.15, -0.1) is 11.3 Å². The summed E-state index contributed by atoms with van der Waals surface area (Å²) in [6, 6.07) is 9.03. The third-order valence-corrected chi connectivity index (χ3v) is 5.52. The lowest BCUT2D eigenvalue weighted by Crippen LogP contribution is -2.34. The second-order valence-corrected chi connectivity index (χ2v) is 7.49. The Hall–Kier alpha value is -3.59. The number of thiophene rings is 1. The first-order valence-corrected chi connectivity index (χ1v) is 9.86. The zero-order valence-electron chi connectivity index (χ0n) is 15.3. The molecule has 1 aliphatic rings. The van der Waals surface area contributed by atoms with Crippen molar-refractivity contribution in [2.45, 2.75) is 19.6 Å². The van der Waals surface area contributed by atoms with Crippen LogP contribution in [0, 0.1) is 0 Å². The molecule has 9 heteroatoms. The largest absolute Gasteiger partial charge is 0.479 e. The van der Waals surface area contributed by atoms with Crippen molar-refractivity contribution in [1.29, 1.82) is 0 Å².